The molecular formula is C12H15F2NO. The summed E-state index contributed by atoms with van der Waals surface area (Å²) in [5, 5.41) is 2.61. The Morgan fingerprint density at radius 3 is 2.31 bits per heavy atom. The van der Waals surface area contributed by atoms with Gasteiger partial charge in [0, 0.05) is 18.2 Å². The molecule has 0 atom stereocenters. The molecule has 0 aliphatic heterocycles. The number of carbonyl (C=O) groups excluding carboxylic acids is 1. The normalized spacial score (nSPS) is 10.6. The monoisotopic (exact) mass is 227 g/mol. The van der Waals surface area contributed by atoms with Crippen LogP contribution < -0.4 is 5.32 Å². The van der Waals surface area contributed by atoms with E-state index in [1.165, 1.54) is 0 Å². The van der Waals surface area contributed by atoms with Gasteiger partial charge in [0.25, 0.3) is 5.91 Å². The van der Waals surface area contributed by atoms with E-state index in [9.17, 15) is 13.6 Å². The Hall–Kier alpha value is -1.45. The largest absolute Gasteiger partial charge is 0.352 e. The summed E-state index contributed by atoms with van der Waals surface area (Å²) >= 11 is 0. The number of halogens is 2. The summed E-state index contributed by atoms with van der Waals surface area (Å²) in [4.78, 5) is 11.5. The number of carbonyl (C=O) groups is 1. The van der Waals surface area contributed by atoms with Gasteiger partial charge in [-0.15, -0.1) is 0 Å². The smallest absolute Gasteiger partial charge is 0.251 e. The van der Waals surface area contributed by atoms with E-state index in [-0.39, 0.29) is 5.56 Å². The molecule has 0 aliphatic rings. The molecular weight excluding hydrogens is 212 g/mol. The van der Waals surface area contributed by atoms with Crippen molar-refractivity contribution in [1.82, 2.24) is 5.32 Å². The fourth-order valence-electron chi connectivity index (χ4n) is 1.26. The average Bonchev–Trinajstić information content (AvgIpc) is 2.15. The molecule has 0 aromatic heterocycles. The molecule has 0 aliphatic carbocycles. The molecule has 1 N–H and O–H groups in total. The maximum Gasteiger partial charge on any atom is 0.251 e. The average molecular weight is 227 g/mol. The van der Waals surface area contributed by atoms with Crippen molar-refractivity contribution in [3.63, 3.8) is 0 Å². The first-order valence-corrected chi connectivity index (χ1v) is 5.23. The van der Waals surface area contributed by atoms with Crippen LogP contribution in [0.4, 0.5) is 8.78 Å². The van der Waals surface area contributed by atoms with Gasteiger partial charge in [0.05, 0.1) is 0 Å². The van der Waals surface area contributed by atoms with Crippen LogP contribution >= 0.6 is 0 Å². The highest BCUT2D eigenvalue weighted by atomic mass is 19.1. The Morgan fingerprint density at radius 1 is 1.25 bits per heavy atom. The van der Waals surface area contributed by atoms with Crippen molar-refractivity contribution in [1.29, 1.82) is 0 Å². The van der Waals surface area contributed by atoms with E-state index in [0.29, 0.717) is 12.5 Å². The second kappa shape index (κ2) is 5.58. The van der Waals surface area contributed by atoms with Gasteiger partial charge in [0.2, 0.25) is 0 Å². The predicted molar refractivity (Wildman–Crippen MR) is 58.1 cm³/mol. The lowest BCUT2D eigenvalue weighted by atomic mass is 10.1. The molecule has 0 bridgehead atoms. The molecule has 0 fully saturated rings. The number of nitrogens with one attached hydrogen (secondary N) is 1. The van der Waals surface area contributed by atoms with Gasteiger partial charge in [0.15, 0.2) is 0 Å². The molecule has 0 heterocycles. The summed E-state index contributed by atoms with van der Waals surface area (Å²) in [6.07, 6.45) is 0.837. The van der Waals surface area contributed by atoms with Crippen LogP contribution in [0.3, 0.4) is 0 Å². The molecule has 0 radical (unpaired) electrons. The van der Waals surface area contributed by atoms with Gasteiger partial charge in [-0.1, -0.05) is 13.8 Å². The van der Waals surface area contributed by atoms with Crippen LogP contribution in [0.5, 0.6) is 0 Å². The third kappa shape index (κ3) is 3.96. The zero-order valence-electron chi connectivity index (χ0n) is 9.39. The van der Waals surface area contributed by atoms with Crippen LogP contribution in [0.1, 0.15) is 30.6 Å². The number of benzene rings is 1. The molecule has 0 saturated carbocycles. The minimum absolute atomic E-state index is 0.0151. The summed E-state index contributed by atoms with van der Waals surface area (Å²) in [6.45, 7) is 4.58. The fraction of sp³-hybridized carbons (Fsp3) is 0.417. The maximum absolute atomic E-state index is 12.8. The third-order valence-corrected chi connectivity index (χ3v) is 2.13. The predicted octanol–water partition coefficient (Wildman–Crippen LogP) is 2.74. The molecule has 2 nitrogen and oxygen atoms in total. The summed E-state index contributed by atoms with van der Waals surface area (Å²) < 4.78 is 25.6. The van der Waals surface area contributed by atoms with Crippen LogP contribution in [0.15, 0.2) is 18.2 Å². The molecule has 88 valence electrons. The van der Waals surface area contributed by atoms with Crippen LogP contribution in [-0.4, -0.2) is 12.5 Å². The van der Waals surface area contributed by atoms with Crippen molar-refractivity contribution < 1.29 is 13.6 Å². The van der Waals surface area contributed by atoms with Crippen LogP contribution in [0.25, 0.3) is 0 Å². The lowest BCUT2D eigenvalue weighted by molar-refractivity contribution is 0.0951. The fourth-order valence-corrected chi connectivity index (χ4v) is 1.26. The van der Waals surface area contributed by atoms with Crippen molar-refractivity contribution >= 4 is 5.91 Å². The van der Waals surface area contributed by atoms with Crippen molar-refractivity contribution in [2.24, 2.45) is 5.92 Å². The maximum atomic E-state index is 12.8. The number of amides is 1. The summed E-state index contributed by atoms with van der Waals surface area (Å²) in [5.74, 6) is -1.45. The highest BCUT2D eigenvalue weighted by Crippen LogP contribution is 2.08. The first kappa shape index (κ1) is 12.6. The van der Waals surface area contributed by atoms with Gasteiger partial charge >= 0.3 is 0 Å². The summed E-state index contributed by atoms with van der Waals surface area (Å²) in [6, 6.07) is 2.78. The zero-order chi connectivity index (χ0) is 12.1. The van der Waals surface area contributed by atoms with Gasteiger partial charge in [0.1, 0.15) is 11.6 Å². The van der Waals surface area contributed by atoms with Gasteiger partial charge in [-0.3, -0.25) is 4.79 Å². The van der Waals surface area contributed by atoms with E-state index in [0.717, 1.165) is 24.6 Å². The molecule has 16 heavy (non-hydrogen) atoms. The van der Waals surface area contributed by atoms with Crippen LogP contribution in [0.2, 0.25) is 0 Å². The summed E-state index contributed by atoms with van der Waals surface area (Å²) in [7, 11) is 0. The minimum atomic E-state index is -0.742. The minimum Gasteiger partial charge on any atom is -0.352 e. The van der Waals surface area contributed by atoms with Gasteiger partial charge in [-0.2, -0.15) is 0 Å². The third-order valence-electron chi connectivity index (χ3n) is 2.13. The van der Waals surface area contributed by atoms with Crippen molar-refractivity contribution in [3.8, 4) is 0 Å². The molecule has 0 unspecified atom stereocenters. The molecule has 4 heteroatoms. The molecule has 1 aromatic rings. The van der Waals surface area contributed by atoms with Crippen LogP contribution in [-0.2, 0) is 0 Å². The lowest BCUT2D eigenvalue weighted by Crippen LogP contribution is -2.25. The van der Waals surface area contributed by atoms with E-state index in [1.807, 2.05) is 13.8 Å². The standard InChI is InChI=1S/C12H15F2NO/c1-8(2)3-4-15-12(16)9-5-10(13)7-11(14)6-9/h5-8H,3-4H2,1-2H3,(H,15,16). The van der Waals surface area contributed by atoms with Crippen LogP contribution in [0, 0.1) is 17.6 Å². The zero-order valence-corrected chi connectivity index (χ0v) is 9.39. The van der Waals surface area contributed by atoms with Crippen molar-refractivity contribution in [2.75, 3.05) is 6.54 Å². The Kier molecular flexibility index (Phi) is 4.40. The Balaban J connectivity index is 2.59. The van der Waals surface area contributed by atoms with E-state index in [4.69, 9.17) is 0 Å². The van der Waals surface area contributed by atoms with E-state index >= 15 is 0 Å². The first-order valence-electron chi connectivity index (χ1n) is 5.23. The van der Waals surface area contributed by atoms with E-state index in [2.05, 4.69) is 5.32 Å². The molecule has 1 rings (SSSR count). The molecule has 1 aromatic carbocycles. The highest BCUT2D eigenvalue weighted by Gasteiger charge is 2.08. The number of rotatable bonds is 4. The highest BCUT2D eigenvalue weighted by molar-refractivity contribution is 5.94. The number of hydrogen-bond donors (Lipinski definition) is 1. The van der Waals surface area contributed by atoms with E-state index in [1.54, 1.807) is 0 Å². The molecule has 1 amide bonds. The SMILES string of the molecule is CC(C)CCNC(=O)c1cc(F)cc(F)c1. The Labute approximate surface area is 93.7 Å². The Morgan fingerprint density at radius 2 is 1.81 bits per heavy atom. The molecule has 0 spiro atoms. The van der Waals surface area contributed by atoms with Crippen molar-refractivity contribution in [3.05, 3.63) is 35.4 Å². The lowest BCUT2D eigenvalue weighted by Gasteiger charge is -2.07. The summed E-state index contributed by atoms with van der Waals surface area (Å²) in [5.41, 5.74) is 0.0151. The number of hydrogen-bond acceptors (Lipinski definition) is 1. The second-order valence-corrected chi connectivity index (χ2v) is 4.10. The van der Waals surface area contributed by atoms with Gasteiger partial charge < -0.3 is 5.32 Å². The van der Waals surface area contributed by atoms with Crippen molar-refractivity contribution in [2.45, 2.75) is 20.3 Å². The van der Waals surface area contributed by atoms with Gasteiger partial charge in [-0.05, 0) is 24.5 Å². The van der Waals surface area contributed by atoms with E-state index < -0.39 is 17.5 Å². The second-order valence-electron chi connectivity index (χ2n) is 4.10. The first-order chi connectivity index (χ1) is 7.49. The topological polar surface area (TPSA) is 29.1 Å². The Bertz CT molecular complexity index is 357. The quantitative estimate of drug-likeness (QED) is 0.841. The molecule has 0 saturated heterocycles. The van der Waals surface area contributed by atoms with Gasteiger partial charge in [-0.25, -0.2) is 8.78 Å².